The molecule has 0 amide bonds. The van der Waals surface area contributed by atoms with Crippen LogP contribution in [0.15, 0.2) is 59.8 Å². The van der Waals surface area contributed by atoms with Crippen molar-refractivity contribution in [3.63, 3.8) is 0 Å². The lowest BCUT2D eigenvalue weighted by Gasteiger charge is -2.23. The number of aromatic nitrogens is 1. The number of sulfonamides is 1. The molecular formula is C23H27N3O4S. The van der Waals surface area contributed by atoms with Crippen molar-refractivity contribution in [1.29, 1.82) is 0 Å². The second-order valence-corrected chi connectivity index (χ2v) is 9.37. The molecule has 0 bridgehead atoms. The quantitative estimate of drug-likeness (QED) is 0.499. The molecule has 0 unspecified atom stereocenters. The average Bonchev–Trinajstić information content (AvgIpc) is 2.76. The van der Waals surface area contributed by atoms with Gasteiger partial charge in [0.1, 0.15) is 0 Å². The molecule has 0 spiro atoms. The number of pyridine rings is 1. The molecule has 31 heavy (non-hydrogen) atoms. The van der Waals surface area contributed by atoms with Gasteiger partial charge >= 0.3 is 5.97 Å². The molecule has 7 nitrogen and oxygen atoms in total. The van der Waals surface area contributed by atoms with Crippen LogP contribution in [0.4, 0.5) is 0 Å². The zero-order valence-electron chi connectivity index (χ0n) is 17.5. The molecule has 0 saturated carbocycles. The molecule has 2 aromatic carbocycles. The van der Waals surface area contributed by atoms with Gasteiger partial charge in [0, 0.05) is 36.3 Å². The predicted molar refractivity (Wildman–Crippen MR) is 121 cm³/mol. The summed E-state index contributed by atoms with van der Waals surface area (Å²) in [7, 11) is -3.74. The molecule has 0 aliphatic rings. The van der Waals surface area contributed by atoms with Crippen molar-refractivity contribution in [1.82, 2.24) is 9.29 Å². The van der Waals surface area contributed by atoms with Crippen LogP contribution in [0.5, 0.6) is 0 Å². The first-order valence-electron chi connectivity index (χ1n) is 10.2. The van der Waals surface area contributed by atoms with Crippen LogP contribution >= 0.6 is 0 Å². The van der Waals surface area contributed by atoms with Crippen LogP contribution in [-0.4, -0.2) is 48.4 Å². The number of nitrogens with two attached hydrogens (primary N) is 1. The van der Waals surface area contributed by atoms with E-state index < -0.39 is 16.0 Å². The van der Waals surface area contributed by atoms with Crippen molar-refractivity contribution in [2.75, 3.05) is 19.6 Å². The molecule has 0 fully saturated rings. The van der Waals surface area contributed by atoms with Crippen LogP contribution in [0.2, 0.25) is 0 Å². The average molecular weight is 442 g/mol. The van der Waals surface area contributed by atoms with E-state index in [9.17, 15) is 13.2 Å². The largest absolute Gasteiger partial charge is 0.478 e. The van der Waals surface area contributed by atoms with Gasteiger partial charge in [-0.1, -0.05) is 24.3 Å². The minimum atomic E-state index is -3.74. The fourth-order valence-corrected chi connectivity index (χ4v) is 5.47. The number of aryl methyl sites for hydroxylation is 2. The fourth-order valence-electron chi connectivity index (χ4n) is 3.66. The summed E-state index contributed by atoms with van der Waals surface area (Å²) in [5.41, 5.74) is 7.55. The van der Waals surface area contributed by atoms with Gasteiger partial charge in [-0.3, -0.25) is 4.98 Å². The van der Waals surface area contributed by atoms with E-state index in [1.165, 1.54) is 4.31 Å². The first-order valence-corrected chi connectivity index (χ1v) is 11.6. The third-order valence-corrected chi connectivity index (χ3v) is 7.15. The Kier molecular flexibility index (Phi) is 7.37. The third kappa shape index (κ3) is 5.28. The minimum Gasteiger partial charge on any atom is -0.478 e. The molecule has 0 atom stereocenters. The van der Waals surface area contributed by atoms with Crippen molar-refractivity contribution in [2.24, 2.45) is 5.73 Å². The summed E-state index contributed by atoms with van der Waals surface area (Å²) in [5, 5.41) is 10.6. The Labute approximate surface area is 182 Å². The Morgan fingerprint density at radius 1 is 1.10 bits per heavy atom. The van der Waals surface area contributed by atoms with E-state index in [0.717, 1.165) is 16.5 Å². The zero-order chi connectivity index (χ0) is 22.4. The molecule has 0 radical (unpaired) electrons. The Hall–Kier alpha value is -2.81. The summed E-state index contributed by atoms with van der Waals surface area (Å²) >= 11 is 0. The van der Waals surface area contributed by atoms with E-state index in [-0.39, 0.29) is 10.5 Å². The van der Waals surface area contributed by atoms with Crippen molar-refractivity contribution >= 4 is 26.8 Å². The lowest BCUT2D eigenvalue weighted by Crippen LogP contribution is -2.34. The van der Waals surface area contributed by atoms with Gasteiger partial charge in [-0.25, -0.2) is 13.2 Å². The number of hydrogen-bond donors (Lipinski definition) is 2. The van der Waals surface area contributed by atoms with Crippen LogP contribution in [0.25, 0.3) is 10.8 Å². The predicted octanol–water partition coefficient (Wildman–Crippen LogP) is 3.21. The van der Waals surface area contributed by atoms with Crippen LogP contribution in [0.1, 0.15) is 34.3 Å². The molecule has 1 aromatic heterocycles. The van der Waals surface area contributed by atoms with Crippen LogP contribution in [0.3, 0.4) is 0 Å². The number of nitrogens with zero attached hydrogens (tertiary/aromatic N) is 2. The second-order valence-electron chi connectivity index (χ2n) is 7.47. The maximum absolute atomic E-state index is 13.6. The maximum atomic E-state index is 13.6. The Morgan fingerprint density at radius 2 is 1.84 bits per heavy atom. The zero-order valence-corrected chi connectivity index (χ0v) is 18.3. The van der Waals surface area contributed by atoms with Crippen molar-refractivity contribution < 1.29 is 18.3 Å². The number of carboxylic acid groups (broad SMARTS) is 1. The van der Waals surface area contributed by atoms with Gasteiger partial charge in [0.15, 0.2) is 0 Å². The van der Waals surface area contributed by atoms with E-state index in [1.54, 1.807) is 42.7 Å². The number of carbonyl (C=O) groups is 1. The van der Waals surface area contributed by atoms with Crippen molar-refractivity contribution in [3.05, 3.63) is 71.5 Å². The molecule has 164 valence electrons. The molecule has 8 heteroatoms. The number of carboxylic acids is 1. The summed E-state index contributed by atoms with van der Waals surface area (Å²) < 4.78 is 28.6. The third-order valence-electron chi connectivity index (χ3n) is 5.21. The monoisotopic (exact) mass is 441 g/mol. The molecule has 0 aliphatic heterocycles. The lowest BCUT2D eigenvalue weighted by molar-refractivity contribution is 0.0696. The normalized spacial score (nSPS) is 11.8. The molecule has 1 heterocycles. The highest BCUT2D eigenvalue weighted by molar-refractivity contribution is 7.89. The van der Waals surface area contributed by atoms with Gasteiger partial charge in [0.2, 0.25) is 10.0 Å². The summed E-state index contributed by atoms with van der Waals surface area (Å²) in [4.78, 5) is 15.6. The number of hydrogen-bond acceptors (Lipinski definition) is 5. The Morgan fingerprint density at radius 3 is 2.58 bits per heavy atom. The lowest BCUT2D eigenvalue weighted by atomic mass is 10.1. The Bertz CT molecular complexity index is 1170. The van der Waals surface area contributed by atoms with Crippen molar-refractivity contribution in [3.8, 4) is 0 Å². The summed E-state index contributed by atoms with van der Waals surface area (Å²) in [6.45, 7) is 2.90. The smallest absolute Gasteiger partial charge is 0.335 e. The van der Waals surface area contributed by atoms with Crippen LogP contribution in [0, 0.1) is 6.92 Å². The number of rotatable bonds is 10. The highest BCUT2D eigenvalue weighted by Gasteiger charge is 2.26. The summed E-state index contributed by atoms with van der Waals surface area (Å²) in [6, 6.07) is 11.9. The van der Waals surface area contributed by atoms with E-state index in [2.05, 4.69) is 4.98 Å². The molecule has 3 N–H and O–H groups in total. The highest BCUT2D eigenvalue weighted by atomic mass is 32.2. The number of benzene rings is 2. The van der Waals surface area contributed by atoms with Gasteiger partial charge in [0.25, 0.3) is 0 Å². The van der Waals surface area contributed by atoms with E-state index in [1.807, 2.05) is 19.1 Å². The first-order chi connectivity index (χ1) is 14.8. The minimum absolute atomic E-state index is 0.227. The van der Waals surface area contributed by atoms with Gasteiger partial charge in [0.05, 0.1) is 10.5 Å². The Balaban J connectivity index is 1.85. The molecular weight excluding hydrogens is 414 g/mol. The molecule has 0 saturated heterocycles. The van der Waals surface area contributed by atoms with E-state index in [4.69, 9.17) is 10.8 Å². The van der Waals surface area contributed by atoms with Crippen LogP contribution in [-0.2, 0) is 16.4 Å². The first kappa shape index (κ1) is 22.9. The summed E-state index contributed by atoms with van der Waals surface area (Å²) in [5.74, 6) is -0.977. The topological polar surface area (TPSA) is 114 Å². The second kappa shape index (κ2) is 10.00. The van der Waals surface area contributed by atoms with Gasteiger partial charge < -0.3 is 10.8 Å². The molecule has 3 aromatic rings. The molecule has 3 rings (SSSR count). The number of aromatic carboxylic acids is 1. The van der Waals surface area contributed by atoms with E-state index >= 15 is 0 Å². The highest BCUT2D eigenvalue weighted by Crippen LogP contribution is 2.28. The number of fused-ring (bicyclic) bond motifs is 1. The van der Waals surface area contributed by atoms with Gasteiger partial charge in [-0.05, 0) is 62.1 Å². The summed E-state index contributed by atoms with van der Waals surface area (Å²) in [6.07, 6.45) is 5.04. The van der Waals surface area contributed by atoms with Crippen molar-refractivity contribution in [2.45, 2.75) is 31.1 Å². The van der Waals surface area contributed by atoms with Crippen LogP contribution < -0.4 is 5.73 Å². The maximum Gasteiger partial charge on any atom is 0.335 e. The standard InChI is InChI=1S/C23H27N3O4S/c1-17-15-25-16-20-9-3-10-21(22(17)20)31(29,30)26(13-5-11-24)12-4-7-18-6-2-8-19(14-18)23(27)28/h2-3,6,8-10,14-16H,4-5,7,11-13,24H2,1H3,(H,27,28). The van der Waals surface area contributed by atoms with Gasteiger partial charge in [-0.2, -0.15) is 4.31 Å². The van der Waals surface area contributed by atoms with Gasteiger partial charge in [-0.15, -0.1) is 0 Å². The van der Waals surface area contributed by atoms with E-state index in [0.29, 0.717) is 44.3 Å². The SMILES string of the molecule is Cc1cncc2cccc(S(=O)(=O)N(CCCN)CCCc3cccc(C(=O)O)c3)c12. The molecule has 0 aliphatic carbocycles. The fraction of sp³-hybridized carbons (Fsp3) is 0.304.